The molecule has 2 N–H and O–H groups in total. The van der Waals surface area contributed by atoms with Crippen molar-refractivity contribution in [3.05, 3.63) is 29.8 Å². The van der Waals surface area contributed by atoms with E-state index in [0.29, 0.717) is 23.6 Å². The number of methoxy groups -OCH3 is 1. The lowest BCUT2D eigenvalue weighted by Gasteiger charge is -2.37. The van der Waals surface area contributed by atoms with Gasteiger partial charge in [0.15, 0.2) is 9.84 Å². The lowest BCUT2D eigenvalue weighted by molar-refractivity contribution is 0.0511. The van der Waals surface area contributed by atoms with Crippen molar-refractivity contribution in [1.29, 1.82) is 0 Å². The highest BCUT2D eigenvalue weighted by atomic mass is 35.5. The molecule has 0 aromatic heterocycles. The predicted molar refractivity (Wildman–Crippen MR) is 112 cm³/mol. The highest BCUT2D eigenvalue weighted by Crippen LogP contribution is 2.30. The molecule has 0 bridgehead atoms. The van der Waals surface area contributed by atoms with Gasteiger partial charge in [-0.1, -0.05) is 12.8 Å². The van der Waals surface area contributed by atoms with Crippen LogP contribution in [0, 0.1) is 5.41 Å². The molecule has 1 heterocycles. The Balaban J connectivity index is 0.00000280. The fraction of sp³-hybridized carbons (Fsp3) is 0.650. The predicted octanol–water partition coefficient (Wildman–Crippen LogP) is 2.57. The van der Waals surface area contributed by atoms with Gasteiger partial charge in [0.25, 0.3) is 5.91 Å². The molecule has 0 spiro atoms. The van der Waals surface area contributed by atoms with Crippen LogP contribution in [0.2, 0.25) is 0 Å². The molecule has 6 nitrogen and oxygen atoms in total. The topological polar surface area (TPSA) is 84.5 Å². The molecule has 28 heavy (non-hydrogen) atoms. The lowest BCUT2D eigenvalue weighted by Crippen LogP contribution is -2.47. The number of hydrogen-bond donors (Lipinski definition) is 2. The zero-order chi connectivity index (χ0) is 19.3. The highest BCUT2D eigenvalue weighted by molar-refractivity contribution is 7.92. The third-order valence-electron chi connectivity index (χ3n) is 5.92. The van der Waals surface area contributed by atoms with Gasteiger partial charge in [-0.05, 0) is 63.0 Å². The minimum Gasteiger partial charge on any atom is -0.384 e. The number of halogens is 1. The van der Waals surface area contributed by atoms with Crippen LogP contribution in [-0.4, -0.2) is 52.9 Å². The average Bonchev–Trinajstić information content (AvgIpc) is 3.23. The third-order valence-corrected chi connectivity index (χ3v) is 8.20. The van der Waals surface area contributed by atoms with Crippen LogP contribution >= 0.6 is 12.4 Å². The molecule has 2 fully saturated rings. The minimum atomic E-state index is -3.28. The second kappa shape index (κ2) is 10.1. The summed E-state index contributed by atoms with van der Waals surface area (Å²) in [5, 5.41) is 6.07. The Hall–Kier alpha value is -1.15. The van der Waals surface area contributed by atoms with Gasteiger partial charge in [0.1, 0.15) is 0 Å². The van der Waals surface area contributed by atoms with E-state index in [1.165, 1.54) is 0 Å². The highest BCUT2D eigenvalue weighted by Gasteiger charge is 2.33. The fourth-order valence-corrected chi connectivity index (χ4v) is 6.05. The van der Waals surface area contributed by atoms with E-state index in [0.717, 1.165) is 51.6 Å². The van der Waals surface area contributed by atoms with Crippen LogP contribution in [0.4, 0.5) is 0 Å². The van der Waals surface area contributed by atoms with Gasteiger partial charge in [-0.15, -0.1) is 12.4 Å². The number of carbonyl (C=O) groups excluding carboxylic acids is 1. The monoisotopic (exact) mass is 430 g/mol. The van der Waals surface area contributed by atoms with E-state index in [2.05, 4.69) is 10.6 Å². The Bertz CT molecular complexity index is 734. The molecule has 1 aromatic rings. The molecule has 1 aliphatic heterocycles. The van der Waals surface area contributed by atoms with E-state index >= 15 is 0 Å². The number of carbonyl (C=O) groups is 1. The number of sulfone groups is 1. The molecule has 1 amide bonds. The van der Waals surface area contributed by atoms with Crippen molar-refractivity contribution in [3.8, 4) is 0 Å². The van der Waals surface area contributed by atoms with E-state index in [1.54, 1.807) is 31.4 Å². The molecule has 1 aliphatic carbocycles. The number of hydrogen-bond acceptors (Lipinski definition) is 5. The Morgan fingerprint density at radius 3 is 2.36 bits per heavy atom. The van der Waals surface area contributed by atoms with E-state index in [-0.39, 0.29) is 29.0 Å². The van der Waals surface area contributed by atoms with Gasteiger partial charge in [0, 0.05) is 24.6 Å². The van der Waals surface area contributed by atoms with Crippen molar-refractivity contribution >= 4 is 28.2 Å². The Labute approximate surface area is 174 Å². The summed E-state index contributed by atoms with van der Waals surface area (Å²) >= 11 is 0. The van der Waals surface area contributed by atoms with Crippen LogP contribution in [0.15, 0.2) is 29.2 Å². The Morgan fingerprint density at radius 1 is 1.18 bits per heavy atom. The first-order valence-electron chi connectivity index (χ1n) is 9.79. The van der Waals surface area contributed by atoms with Gasteiger partial charge in [-0.3, -0.25) is 4.79 Å². The molecule has 1 saturated carbocycles. The zero-order valence-electron chi connectivity index (χ0n) is 16.4. The second-order valence-corrected chi connectivity index (χ2v) is 10.1. The summed E-state index contributed by atoms with van der Waals surface area (Å²) in [5.41, 5.74) is 0.448. The van der Waals surface area contributed by atoms with Crippen LogP contribution in [0.5, 0.6) is 0 Å². The Kier molecular flexibility index (Phi) is 8.30. The van der Waals surface area contributed by atoms with E-state index in [1.807, 2.05) is 0 Å². The van der Waals surface area contributed by atoms with Crippen LogP contribution in [0.25, 0.3) is 0 Å². The number of amides is 1. The molecule has 0 radical (unpaired) electrons. The van der Waals surface area contributed by atoms with Gasteiger partial charge >= 0.3 is 0 Å². The van der Waals surface area contributed by atoms with E-state index < -0.39 is 9.84 Å². The van der Waals surface area contributed by atoms with Crippen LogP contribution < -0.4 is 10.6 Å². The normalized spacial score (nSPS) is 19.8. The molecule has 1 aromatic carbocycles. The summed E-state index contributed by atoms with van der Waals surface area (Å²) in [6, 6.07) is 6.36. The molecule has 3 rings (SSSR count). The number of piperidine rings is 1. The summed E-state index contributed by atoms with van der Waals surface area (Å²) in [5.74, 6) is -0.172. The number of nitrogens with one attached hydrogen (secondary N) is 2. The van der Waals surface area contributed by atoms with Gasteiger partial charge in [-0.25, -0.2) is 8.42 Å². The molecule has 8 heteroatoms. The summed E-state index contributed by atoms with van der Waals surface area (Å²) in [7, 11) is -1.59. The fourth-order valence-electron chi connectivity index (χ4n) is 4.19. The standard InChI is InChI=1S/C20H30N2O4S.ClH/c1-26-15-20(10-12-21-13-11-20)14-22-19(23)16-6-8-18(9-7-16)27(24,25)17-4-2-3-5-17;/h6-9,17,21H,2-5,10-15H2,1H3,(H,22,23);1H. The summed E-state index contributed by atoms with van der Waals surface area (Å²) in [6.45, 7) is 3.02. The second-order valence-electron chi connectivity index (χ2n) is 7.84. The largest absolute Gasteiger partial charge is 0.384 e. The maximum absolute atomic E-state index is 12.6. The molecule has 158 valence electrons. The molecule has 2 aliphatic rings. The van der Waals surface area contributed by atoms with Crippen LogP contribution in [0.1, 0.15) is 48.9 Å². The van der Waals surface area contributed by atoms with Crippen LogP contribution in [0.3, 0.4) is 0 Å². The van der Waals surface area contributed by atoms with E-state index in [9.17, 15) is 13.2 Å². The van der Waals surface area contributed by atoms with Gasteiger partial charge in [0.2, 0.25) is 0 Å². The quantitative estimate of drug-likeness (QED) is 0.694. The average molecular weight is 431 g/mol. The minimum absolute atomic E-state index is 0. The first kappa shape index (κ1) is 23.1. The SMILES string of the molecule is COCC1(CNC(=O)c2ccc(S(=O)(=O)C3CCCC3)cc2)CCNCC1.Cl. The third kappa shape index (κ3) is 5.26. The molecule has 0 atom stereocenters. The van der Waals surface area contributed by atoms with Crippen molar-refractivity contribution < 1.29 is 17.9 Å². The summed E-state index contributed by atoms with van der Waals surface area (Å²) in [6.07, 6.45) is 5.34. The zero-order valence-corrected chi connectivity index (χ0v) is 18.0. The molecular weight excluding hydrogens is 400 g/mol. The van der Waals surface area contributed by atoms with Crippen molar-refractivity contribution in [1.82, 2.24) is 10.6 Å². The van der Waals surface area contributed by atoms with Gasteiger partial charge in [0.05, 0.1) is 16.8 Å². The smallest absolute Gasteiger partial charge is 0.251 e. The lowest BCUT2D eigenvalue weighted by atomic mass is 9.79. The first-order chi connectivity index (χ1) is 13.0. The van der Waals surface area contributed by atoms with Crippen LogP contribution in [-0.2, 0) is 14.6 Å². The molecular formula is C20H31ClN2O4S. The Morgan fingerprint density at radius 2 is 1.79 bits per heavy atom. The molecule has 1 saturated heterocycles. The summed E-state index contributed by atoms with van der Waals surface area (Å²) in [4.78, 5) is 12.9. The van der Waals surface area contributed by atoms with Crippen molar-refractivity contribution in [2.45, 2.75) is 48.7 Å². The number of benzene rings is 1. The number of rotatable bonds is 7. The first-order valence-corrected chi connectivity index (χ1v) is 11.3. The van der Waals surface area contributed by atoms with Crippen molar-refractivity contribution in [3.63, 3.8) is 0 Å². The number of ether oxygens (including phenoxy) is 1. The van der Waals surface area contributed by atoms with Gasteiger partial charge in [-0.2, -0.15) is 0 Å². The summed E-state index contributed by atoms with van der Waals surface area (Å²) < 4.78 is 30.7. The van der Waals surface area contributed by atoms with Crippen molar-refractivity contribution in [2.24, 2.45) is 5.41 Å². The molecule has 0 unspecified atom stereocenters. The maximum atomic E-state index is 12.6. The van der Waals surface area contributed by atoms with E-state index in [4.69, 9.17) is 4.74 Å². The van der Waals surface area contributed by atoms with Gasteiger partial charge < -0.3 is 15.4 Å². The van der Waals surface area contributed by atoms with Crippen molar-refractivity contribution in [2.75, 3.05) is 33.4 Å². The maximum Gasteiger partial charge on any atom is 0.251 e.